The number of esters is 1. The van der Waals surface area contributed by atoms with E-state index in [-0.39, 0.29) is 17.7 Å². The van der Waals surface area contributed by atoms with Crippen LogP contribution in [0.5, 0.6) is 5.75 Å². The third-order valence-electron chi connectivity index (χ3n) is 7.61. The van der Waals surface area contributed by atoms with Crippen LogP contribution in [-0.4, -0.2) is 52.9 Å². The largest absolute Gasteiger partial charge is 0.495 e. The number of ketones is 1. The Hall–Kier alpha value is -4.98. The first-order valence-corrected chi connectivity index (χ1v) is 13.8. The summed E-state index contributed by atoms with van der Waals surface area (Å²) >= 11 is 0. The molecule has 0 bridgehead atoms. The van der Waals surface area contributed by atoms with Gasteiger partial charge in [-0.05, 0) is 68.2 Å². The Morgan fingerprint density at radius 1 is 0.952 bits per heavy atom. The minimum Gasteiger partial charge on any atom is -0.495 e. The fourth-order valence-electron chi connectivity index (χ4n) is 5.22. The van der Waals surface area contributed by atoms with Gasteiger partial charge in [0.15, 0.2) is 5.78 Å². The van der Waals surface area contributed by atoms with Gasteiger partial charge in [0.2, 0.25) is 5.91 Å². The molecule has 3 aromatic carbocycles. The average molecular weight is 564 g/mol. The molecule has 1 fully saturated rings. The molecule has 0 spiro atoms. The van der Waals surface area contributed by atoms with Gasteiger partial charge in [0.1, 0.15) is 5.75 Å². The fraction of sp³-hybridized carbons (Fsp3) is 0.235. The number of carbonyl (C=O) groups excluding carboxylic acids is 3. The monoisotopic (exact) mass is 563 g/mol. The molecule has 1 saturated heterocycles. The van der Waals surface area contributed by atoms with Crippen LogP contribution in [0.25, 0.3) is 11.8 Å². The molecule has 5 rings (SSSR count). The number of methoxy groups -OCH3 is 2. The van der Waals surface area contributed by atoms with Crippen molar-refractivity contribution in [2.75, 3.05) is 20.8 Å². The molecular formula is C34H33N3O5. The number of carbonyl (C=O) groups is 3. The van der Waals surface area contributed by atoms with Gasteiger partial charge < -0.3 is 18.9 Å². The fourth-order valence-corrected chi connectivity index (χ4v) is 5.22. The lowest BCUT2D eigenvalue weighted by molar-refractivity contribution is -0.130. The molecule has 8 nitrogen and oxygen atoms in total. The van der Waals surface area contributed by atoms with Gasteiger partial charge in [-0.3, -0.25) is 9.59 Å². The smallest absolute Gasteiger partial charge is 0.337 e. The van der Waals surface area contributed by atoms with Gasteiger partial charge >= 0.3 is 5.97 Å². The van der Waals surface area contributed by atoms with E-state index in [1.807, 2.05) is 65.9 Å². The minimum absolute atomic E-state index is 0.00729. The molecule has 1 amide bonds. The van der Waals surface area contributed by atoms with Gasteiger partial charge in [-0.25, -0.2) is 9.78 Å². The summed E-state index contributed by atoms with van der Waals surface area (Å²) in [7, 11) is 2.95. The molecule has 214 valence electrons. The second kappa shape index (κ2) is 12.3. The third kappa shape index (κ3) is 5.88. The molecule has 1 aliphatic heterocycles. The number of amides is 1. The van der Waals surface area contributed by atoms with Crippen LogP contribution in [0.15, 0.2) is 84.8 Å². The number of aromatic nitrogens is 2. The number of piperidine rings is 1. The summed E-state index contributed by atoms with van der Waals surface area (Å²) in [6, 6.07) is 19.5. The summed E-state index contributed by atoms with van der Waals surface area (Å²) in [5.41, 5.74) is 5.79. The van der Waals surface area contributed by atoms with E-state index in [0.29, 0.717) is 35.4 Å². The minimum atomic E-state index is -0.448. The van der Waals surface area contributed by atoms with Crippen molar-refractivity contribution in [3.8, 4) is 11.4 Å². The molecule has 0 radical (unpaired) electrons. The second-order valence-corrected chi connectivity index (χ2v) is 10.3. The number of nitrogens with zero attached hydrogens (tertiary/aromatic N) is 3. The molecule has 0 N–H and O–H groups in total. The van der Waals surface area contributed by atoms with Gasteiger partial charge in [-0.15, -0.1) is 0 Å². The Kier molecular flexibility index (Phi) is 8.33. The first-order valence-electron chi connectivity index (χ1n) is 13.8. The van der Waals surface area contributed by atoms with Crippen LogP contribution in [0.4, 0.5) is 0 Å². The Bertz CT molecular complexity index is 1650. The molecule has 1 atom stereocenters. The lowest BCUT2D eigenvalue weighted by Gasteiger charge is -2.34. The first-order chi connectivity index (χ1) is 20.3. The van der Waals surface area contributed by atoms with Crippen molar-refractivity contribution in [1.82, 2.24) is 14.5 Å². The van der Waals surface area contributed by atoms with E-state index >= 15 is 0 Å². The molecular weight excluding hydrogens is 530 g/mol. The molecule has 42 heavy (non-hydrogen) atoms. The summed E-state index contributed by atoms with van der Waals surface area (Å²) in [6.07, 6.45) is 7.20. The number of likely N-dealkylation sites (tertiary alicyclic amines) is 1. The predicted molar refractivity (Wildman–Crippen MR) is 160 cm³/mol. The number of hydrogen-bond donors (Lipinski definition) is 0. The van der Waals surface area contributed by atoms with Gasteiger partial charge in [0.25, 0.3) is 0 Å². The molecule has 4 aromatic rings. The van der Waals surface area contributed by atoms with Crippen LogP contribution in [0.1, 0.15) is 68.9 Å². The summed E-state index contributed by atoms with van der Waals surface area (Å²) < 4.78 is 12.3. The van der Waals surface area contributed by atoms with Crippen molar-refractivity contribution in [1.29, 1.82) is 0 Å². The lowest BCUT2D eigenvalue weighted by Crippen LogP contribution is -2.38. The van der Waals surface area contributed by atoms with Crippen molar-refractivity contribution in [2.24, 2.45) is 0 Å². The van der Waals surface area contributed by atoms with Crippen LogP contribution in [0.3, 0.4) is 0 Å². The Morgan fingerprint density at radius 3 is 2.24 bits per heavy atom. The van der Waals surface area contributed by atoms with E-state index in [0.717, 1.165) is 34.5 Å². The Balaban J connectivity index is 1.30. The maximum Gasteiger partial charge on any atom is 0.337 e. The van der Waals surface area contributed by atoms with Crippen LogP contribution in [0.2, 0.25) is 0 Å². The van der Waals surface area contributed by atoms with Crippen molar-refractivity contribution >= 4 is 23.7 Å². The number of imidazole rings is 1. The molecule has 2 heterocycles. The van der Waals surface area contributed by atoms with Gasteiger partial charge in [0, 0.05) is 29.4 Å². The Morgan fingerprint density at radius 2 is 1.62 bits per heavy atom. The summed E-state index contributed by atoms with van der Waals surface area (Å²) in [6.45, 7) is 4.60. The van der Waals surface area contributed by atoms with Crippen LogP contribution in [0, 0.1) is 6.92 Å². The normalized spacial score (nSPS) is 15.0. The molecule has 1 aliphatic rings. The molecule has 0 aliphatic carbocycles. The molecule has 0 saturated carbocycles. The van der Waals surface area contributed by atoms with Gasteiger partial charge in [-0.1, -0.05) is 42.5 Å². The third-order valence-corrected chi connectivity index (χ3v) is 7.61. The van der Waals surface area contributed by atoms with Gasteiger partial charge in [-0.2, -0.15) is 0 Å². The van der Waals surface area contributed by atoms with Crippen molar-refractivity contribution in [2.45, 2.75) is 32.7 Å². The maximum absolute atomic E-state index is 13.6. The highest BCUT2D eigenvalue weighted by Gasteiger charge is 2.28. The average Bonchev–Trinajstić information content (AvgIpc) is 3.46. The molecule has 0 unspecified atom stereocenters. The zero-order valence-electron chi connectivity index (χ0n) is 24.2. The van der Waals surface area contributed by atoms with E-state index in [4.69, 9.17) is 9.47 Å². The summed E-state index contributed by atoms with van der Waals surface area (Å²) in [5.74, 6) is 0.113. The number of aryl methyl sites for hydroxylation is 1. The van der Waals surface area contributed by atoms with E-state index in [2.05, 4.69) is 4.98 Å². The van der Waals surface area contributed by atoms with E-state index < -0.39 is 5.97 Å². The number of rotatable bonds is 8. The zero-order chi connectivity index (χ0) is 29.8. The lowest BCUT2D eigenvalue weighted by atomic mass is 9.96. The highest BCUT2D eigenvalue weighted by atomic mass is 16.5. The van der Waals surface area contributed by atoms with Crippen molar-refractivity contribution in [3.63, 3.8) is 0 Å². The van der Waals surface area contributed by atoms with Crippen molar-refractivity contribution in [3.05, 3.63) is 118 Å². The van der Waals surface area contributed by atoms with Gasteiger partial charge in [0.05, 0.1) is 43.5 Å². The quantitative estimate of drug-likeness (QED) is 0.149. The molecule has 8 heteroatoms. The van der Waals surface area contributed by atoms with Crippen LogP contribution >= 0.6 is 0 Å². The van der Waals surface area contributed by atoms with E-state index in [1.165, 1.54) is 7.11 Å². The first kappa shape index (κ1) is 28.5. The highest BCUT2D eigenvalue weighted by Crippen LogP contribution is 2.31. The number of benzene rings is 3. The molecule has 1 aromatic heterocycles. The number of hydrogen-bond acceptors (Lipinski definition) is 6. The van der Waals surface area contributed by atoms with Crippen molar-refractivity contribution < 1.29 is 23.9 Å². The topological polar surface area (TPSA) is 90.7 Å². The highest BCUT2D eigenvalue weighted by molar-refractivity contribution is 6.09. The van der Waals surface area contributed by atoms with E-state index in [9.17, 15) is 14.4 Å². The van der Waals surface area contributed by atoms with Crippen LogP contribution in [-0.2, 0) is 9.53 Å². The SMILES string of the molecule is COC(=O)c1ccc(C(=O)c2ccc([C@H](C)N3CCC/C(=C\c4ccc(-n5cnc(C)c5)c(OC)c4)C3=O)cc2)cc1. The number of ether oxygens (including phenoxy) is 2. The summed E-state index contributed by atoms with van der Waals surface area (Å²) in [5, 5.41) is 0. The standard InChI is InChI=1S/C34H33N3O5/c1-22-20-36(21-35-22)30-16-7-24(19-31(30)41-3)18-29-6-5-17-37(33(29)39)23(2)25-8-10-26(11-9-25)32(38)27-12-14-28(15-13-27)34(40)42-4/h7-16,18-21,23H,5-6,17H2,1-4H3/b29-18+/t23-/m0/s1. The predicted octanol–water partition coefficient (Wildman–Crippen LogP) is 5.97. The second-order valence-electron chi connectivity index (χ2n) is 10.3. The Labute approximate surface area is 245 Å². The maximum atomic E-state index is 13.6. The summed E-state index contributed by atoms with van der Waals surface area (Å²) in [4.78, 5) is 44.4. The van der Waals surface area contributed by atoms with Crippen LogP contribution < -0.4 is 4.74 Å². The van der Waals surface area contributed by atoms with E-state index in [1.54, 1.807) is 49.8 Å². The zero-order valence-corrected chi connectivity index (χ0v) is 24.2.